The van der Waals surface area contributed by atoms with E-state index in [0.29, 0.717) is 11.0 Å². The second-order valence-corrected chi connectivity index (χ2v) is 6.79. The topological polar surface area (TPSA) is 90.1 Å². The van der Waals surface area contributed by atoms with E-state index in [1.807, 2.05) is 43.3 Å². The zero-order valence-corrected chi connectivity index (χ0v) is 16.7. The molecule has 2 aliphatic rings. The summed E-state index contributed by atoms with van der Waals surface area (Å²) in [6.45, 7) is 6.22. The maximum Gasteiger partial charge on any atom is 0.213 e. The molecule has 4 rings (SSSR count). The van der Waals surface area contributed by atoms with E-state index in [1.165, 1.54) is 10.6 Å². The zero-order chi connectivity index (χ0) is 19.8. The van der Waals surface area contributed by atoms with Crippen molar-refractivity contribution in [2.45, 2.75) is 13.5 Å². The summed E-state index contributed by atoms with van der Waals surface area (Å²) in [5.41, 5.74) is 3.10. The Morgan fingerprint density at radius 2 is 1.79 bits per heavy atom. The van der Waals surface area contributed by atoms with Crippen LogP contribution in [0.1, 0.15) is 11.1 Å². The van der Waals surface area contributed by atoms with E-state index >= 15 is 0 Å². The standard InChI is InChI=1S/C10H13ClN4.C10H13N3/c1-7-8(11)3-2-4-9(7)15(12)10-13-5-6-14-10;1-2-4-9(5-3-1)8-13-10-11-6-7-12-10/h2-4H,5-6,12H2,1H3,(H,13,14);1-5H,6-8H2,(H2,11,12,13). The SMILES string of the molecule is Cc1c(Cl)cccc1N(N)C1=NCCN1.c1ccc(CNC2=NCCN2)cc1. The van der Waals surface area contributed by atoms with Crippen molar-refractivity contribution < 1.29 is 0 Å². The maximum absolute atomic E-state index is 6.02. The lowest BCUT2D eigenvalue weighted by molar-refractivity contribution is 0.867. The van der Waals surface area contributed by atoms with Crippen LogP contribution in [0.25, 0.3) is 0 Å². The summed E-state index contributed by atoms with van der Waals surface area (Å²) < 4.78 is 0. The Labute approximate surface area is 170 Å². The molecule has 0 unspecified atom stereocenters. The zero-order valence-electron chi connectivity index (χ0n) is 16.0. The number of benzene rings is 2. The Hall–Kier alpha value is -2.77. The van der Waals surface area contributed by atoms with Gasteiger partial charge in [0.25, 0.3) is 0 Å². The number of hydrazine groups is 1. The molecule has 0 amide bonds. The Morgan fingerprint density at radius 1 is 1.04 bits per heavy atom. The number of nitrogens with one attached hydrogen (secondary N) is 3. The second kappa shape index (κ2) is 9.96. The van der Waals surface area contributed by atoms with Crippen LogP contribution < -0.4 is 26.8 Å². The molecule has 2 aromatic carbocycles. The molecule has 7 nitrogen and oxygen atoms in total. The Morgan fingerprint density at radius 3 is 2.46 bits per heavy atom. The number of halogens is 1. The fourth-order valence-corrected chi connectivity index (χ4v) is 2.99. The fraction of sp³-hybridized carbons (Fsp3) is 0.300. The van der Waals surface area contributed by atoms with Gasteiger partial charge in [-0.25, -0.2) is 15.8 Å². The molecule has 0 fully saturated rings. The molecule has 28 heavy (non-hydrogen) atoms. The second-order valence-electron chi connectivity index (χ2n) is 6.38. The van der Waals surface area contributed by atoms with E-state index < -0.39 is 0 Å². The monoisotopic (exact) mass is 399 g/mol. The van der Waals surface area contributed by atoms with Gasteiger partial charge in [-0.3, -0.25) is 4.99 Å². The van der Waals surface area contributed by atoms with Gasteiger partial charge < -0.3 is 16.0 Å². The first-order chi connectivity index (χ1) is 13.6. The van der Waals surface area contributed by atoms with Crippen molar-refractivity contribution in [3.05, 3.63) is 64.7 Å². The smallest absolute Gasteiger partial charge is 0.213 e. The lowest BCUT2D eigenvalue weighted by Gasteiger charge is -2.20. The van der Waals surface area contributed by atoms with Crippen molar-refractivity contribution >= 4 is 29.2 Å². The number of nitrogens with zero attached hydrogens (tertiary/aromatic N) is 3. The van der Waals surface area contributed by atoms with Crippen LogP contribution >= 0.6 is 11.6 Å². The highest BCUT2D eigenvalue weighted by molar-refractivity contribution is 6.31. The van der Waals surface area contributed by atoms with Crippen LogP contribution in [0.4, 0.5) is 5.69 Å². The summed E-state index contributed by atoms with van der Waals surface area (Å²) in [5, 5.41) is 11.8. The molecular formula is C20H26ClN7. The highest BCUT2D eigenvalue weighted by atomic mass is 35.5. The minimum atomic E-state index is 0.695. The van der Waals surface area contributed by atoms with Crippen LogP contribution in [0, 0.1) is 6.92 Å². The van der Waals surface area contributed by atoms with Crippen LogP contribution in [0.3, 0.4) is 0 Å². The van der Waals surface area contributed by atoms with Crippen LogP contribution in [0.2, 0.25) is 5.02 Å². The van der Waals surface area contributed by atoms with Crippen LogP contribution in [-0.4, -0.2) is 38.1 Å². The largest absolute Gasteiger partial charge is 0.355 e. The lowest BCUT2D eigenvalue weighted by Crippen LogP contribution is -2.44. The summed E-state index contributed by atoms with van der Waals surface area (Å²) in [4.78, 5) is 8.49. The van der Waals surface area contributed by atoms with Crippen molar-refractivity contribution in [2.75, 3.05) is 31.2 Å². The van der Waals surface area contributed by atoms with E-state index in [-0.39, 0.29) is 0 Å². The number of rotatable bonds is 3. The summed E-state index contributed by atoms with van der Waals surface area (Å²) >= 11 is 6.02. The average Bonchev–Trinajstić information content (AvgIpc) is 3.43. The first kappa shape index (κ1) is 20.0. The first-order valence-corrected chi connectivity index (χ1v) is 9.67. The van der Waals surface area contributed by atoms with Gasteiger partial charge in [0, 0.05) is 24.7 Å². The number of guanidine groups is 2. The van der Waals surface area contributed by atoms with E-state index in [4.69, 9.17) is 17.4 Å². The molecule has 0 aliphatic carbocycles. The predicted octanol–water partition coefficient (Wildman–Crippen LogP) is 2.02. The van der Waals surface area contributed by atoms with Crippen LogP contribution in [0.15, 0.2) is 58.5 Å². The molecular weight excluding hydrogens is 374 g/mol. The summed E-state index contributed by atoms with van der Waals surface area (Å²) in [7, 11) is 0. The maximum atomic E-state index is 6.02. The van der Waals surface area contributed by atoms with Gasteiger partial charge in [-0.05, 0) is 30.2 Å². The first-order valence-electron chi connectivity index (χ1n) is 9.29. The molecule has 0 spiro atoms. The molecule has 0 bridgehead atoms. The number of hydrogen-bond acceptors (Lipinski definition) is 7. The minimum absolute atomic E-state index is 0.695. The summed E-state index contributed by atoms with van der Waals surface area (Å²) in [5.74, 6) is 7.57. The molecule has 2 aromatic rings. The fourth-order valence-electron chi connectivity index (χ4n) is 2.82. The molecule has 0 aromatic heterocycles. The normalized spacial score (nSPS) is 14.8. The third-order valence-electron chi connectivity index (χ3n) is 4.36. The molecule has 0 atom stereocenters. The molecule has 2 aliphatic heterocycles. The molecule has 0 saturated heterocycles. The highest BCUT2D eigenvalue weighted by Gasteiger charge is 2.15. The number of nitrogens with two attached hydrogens (primary N) is 1. The third kappa shape index (κ3) is 5.37. The molecule has 148 valence electrons. The van der Waals surface area contributed by atoms with Gasteiger partial charge in [0.2, 0.25) is 5.96 Å². The van der Waals surface area contributed by atoms with Gasteiger partial charge in [0.15, 0.2) is 5.96 Å². The number of anilines is 1. The van der Waals surface area contributed by atoms with Gasteiger partial charge in [0.1, 0.15) is 0 Å². The average molecular weight is 400 g/mol. The molecule has 8 heteroatoms. The minimum Gasteiger partial charge on any atom is -0.355 e. The molecule has 2 heterocycles. The van der Waals surface area contributed by atoms with Gasteiger partial charge in [0.05, 0.1) is 18.8 Å². The van der Waals surface area contributed by atoms with E-state index in [0.717, 1.165) is 49.9 Å². The van der Waals surface area contributed by atoms with Crippen molar-refractivity contribution in [1.29, 1.82) is 0 Å². The van der Waals surface area contributed by atoms with Gasteiger partial charge in [-0.2, -0.15) is 0 Å². The van der Waals surface area contributed by atoms with Crippen molar-refractivity contribution in [3.8, 4) is 0 Å². The Bertz CT molecular complexity index is 836. The van der Waals surface area contributed by atoms with Crippen molar-refractivity contribution in [2.24, 2.45) is 15.8 Å². The Balaban J connectivity index is 0.000000162. The van der Waals surface area contributed by atoms with Crippen LogP contribution in [0.5, 0.6) is 0 Å². The van der Waals surface area contributed by atoms with E-state index in [1.54, 1.807) is 0 Å². The lowest BCUT2D eigenvalue weighted by atomic mass is 10.2. The quantitative estimate of drug-likeness (QED) is 0.468. The van der Waals surface area contributed by atoms with Gasteiger partial charge >= 0.3 is 0 Å². The Kier molecular flexibility index (Phi) is 7.11. The number of aliphatic imine (C=N–C) groups is 2. The van der Waals surface area contributed by atoms with E-state index in [2.05, 4.69) is 38.1 Å². The van der Waals surface area contributed by atoms with Gasteiger partial charge in [-0.1, -0.05) is 48.0 Å². The molecule has 0 radical (unpaired) electrons. The van der Waals surface area contributed by atoms with Crippen LogP contribution in [-0.2, 0) is 6.54 Å². The molecule has 0 saturated carbocycles. The molecule has 5 N–H and O–H groups in total. The summed E-state index contributed by atoms with van der Waals surface area (Å²) in [6.07, 6.45) is 0. The highest BCUT2D eigenvalue weighted by Crippen LogP contribution is 2.25. The van der Waals surface area contributed by atoms with E-state index in [9.17, 15) is 0 Å². The number of hydrogen-bond donors (Lipinski definition) is 4. The third-order valence-corrected chi connectivity index (χ3v) is 4.77. The predicted molar refractivity (Wildman–Crippen MR) is 117 cm³/mol. The van der Waals surface area contributed by atoms with Crippen molar-refractivity contribution in [1.82, 2.24) is 16.0 Å². The van der Waals surface area contributed by atoms with Crippen molar-refractivity contribution in [3.63, 3.8) is 0 Å². The summed E-state index contributed by atoms with van der Waals surface area (Å²) in [6, 6.07) is 15.9. The van der Waals surface area contributed by atoms with Gasteiger partial charge in [-0.15, -0.1) is 0 Å².